The van der Waals surface area contributed by atoms with Crippen molar-refractivity contribution in [2.24, 2.45) is 5.92 Å². The van der Waals surface area contributed by atoms with Crippen LogP contribution in [0, 0.1) is 23.1 Å². The predicted molar refractivity (Wildman–Crippen MR) is 128 cm³/mol. The van der Waals surface area contributed by atoms with Gasteiger partial charge in [-0.2, -0.15) is 5.26 Å². The van der Waals surface area contributed by atoms with Crippen molar-refractivity contribution in [3.8, 4) is 23.0 Å². The number of benzene rings is 2. The van der Waals surface area contributed by atoms with Gasteiger partial charge < -0.3 is 15.6 Å². The zero-order valence-corrected chi connectivity index (χ0v) is 18.9. The Morgan fingerprint density at radius 3 is 2.94 bits per heavy atom. The zero-order valence-electron chi connectivity index (χ0n) is 18.9. The first-order valence-corrected chi connectivity index (χ1v) is 11.8. The summed E-state index contributed by atoms with van der Waals surface area (Å²) in [4.78, 5) is 15.8. The summed E-state index contributed by atoms with van der Waals surface area (Å²) in [6, 6.07) is 14.1. The van der Waals surface area contributed by atoms with Crippen LogP contribution in [-0.4, -0.2) is 44.0 Å². The molecule has 4 atom stereocenters. The topological polar surface area (TPSA) is 111 Å². The average molecular weight is 470 g/mol. The van der Waals surface area contributed by atoms with Crippen molar-refractivity contribution >= 4 is 16.8 Å². The van der Waals surface area contributed by atoms with E-state index in [1.54, 1.807) is 18.3 Å². The van der Waals surface area contributed by atoms with Gasteiger partial charge in [-0.25, -0.2) is 9.07 Å². The number of carbonyl (C=O) groups excluding carboxylic acids is 1. The van der Waals surface area contributed by atoms with Gasteiger partial charge >= 0.3 is 0 Å². The molecule has 3 heterocycles. The maximum Gasteiger partial charge on any atom is 0.238 e. The first kappa shape index (κ1) is 21.5. The molecular weight excluding hydrogens is 445 g/mol. The highest BCUT2D eigenvalue weighted by Gasteiger charge is 2.43. The summed E-state index contributed by atoms with van der Waals surface area (Å²) >= 11 is 0. The van der Waals surface area contributed by atoms with Crippen molar-refractivity contribution < 1.29 is 9.18 Å². The first-order valence-electron chi connectivity index (χ1n) is 11.8. The molecule has 2 fully saturated rings. The van der Waals surface area contributed by atoms with E-state index in [2.05, 4.69) is 32.0 Å². The van der Waals surface area contributed by atoms with Gasteiger partial charge in [0.25, 0.3) is 0 Å². The Kier molecular flexibility index (Phi) is 5.30. The van der Waals surface area contributed by atoms with Gasteiger partial charge in [0.1, 0.15) is 17.6 Å². The molecule has 2 bridgehead atoms. The Morgan fingerprint density at radius 1 is 1.26 bits per heavy atom. The van der Waals surface area contributed by atoms with Crippen molar-refractivity contribution in [1.29, 1.82) is 5.26 Å². The largest absolute Gasteiger partial charge is 0.361 e. The minimum atomic E-state index is -0.801. The lowest BCUT2D eigenvalue weighted by Gasteiger charge is -2.23. The number of amides is 1. The Hall–Kier alpha value is -4.03. The SMILES string of the molecule is N#C[C@H](Cc1ccc(-n2cc(-c3ccc4[nH]ccc4c3)nn2)cc1F)NC(=O)[C@H]1N[C@H]2CC[C@H]1C2. The molecule has 4 aromatic rings. The van der Waals surface area contributed by atoms with Gasteiger partial charge in [0.05, 0.1) is 24.0 Å². The van der Waals surface area contributed by atoms with E-state index in [-0.39, 0.29) is 18.4 Å². The third-order valence-corrected chi connectivity index (χ3v) is 7.18. The fourth-order valence-electron chi connectivity index (χ4n) is 5.34. The molecular formula is C26H24FN7O. The number of aromatic nitrogens is 4. The van der Waals surface area contributed by atoms with Gasteiger partial charge in [-0.3, -0.25) is 4.79 Å². The molecule has 1 saturated carbocycles. The van der Waals surface area contributed by atoms with E-state index in [1.165, 1.54) is 10.7 Å². The molecule has 0 radical (unpaired) electrons. The van der Waals surface area contributed by atoms with E-state index in [4.69, 9.17) is 0 Å². The number of hydrogen-bond acceptors (Lipinski definition) is 5. The molecule has 1 aliphatic carbocycles. The van der Waals surface area contributed by atoms with Crippen LogP contribution in [0.1, 0.15) is 24.8 Å². The van der Waals surface area contributed by atoms with E-state index in [0.29, 0.717) is 28.9 Å². The highest BCUT2D eigenvalue weighted by Crippen LogP contribution is 2.35. The van der Waals surface area contributed by atoms with Crippen LogP contribution in [0.3, 0.4) is 0 Å². The Balaban J connectivity index is 1.15. The summed E-state index contributed by atoms with van der Waals surface area (Å²) in [6.45, 7) is 0. The fourth-order valence-corrected chi connectivity index (χ4v) is 5.34. The minimum Gasteiger partial charge on any atom is -0.361 e. The molecule has 176 valence electrons. The molecule has 2 aromatic carbocycles. The molecule has 0 unspecified atom stereocenters. The number of piperidine rings is 1. The maximum atomic E-state index is 15.0. The molecule has 3 N–H and O–H groups in total. The normalized spacial score (nSPS) is 21.8. The number of nitriles is 1. The summed E-state index contributed by atoms with van der Waals surface area (Å²) in [7, 11) is 0. The summed E-state index contributed by atoms with van der Waals surface area (Å²) in [5.41, 5.74) is 3.52. The predicted octanol–water partition coefficient (Wildman–Crippen LogP) is 3.25. The number of fused-ring (bicyclic) bond motifs is 3. The third-order valence-electron chi connectivity index (χ3n) is 7.18. The van der Waals surface area contributed by atoms with Gasteiger partial charge in [0.2, 0.25) is 5.91 Å². The molecule has 35 heavy (non-hydrogen) atoms. The quantitative estimate of drug-likeness (QED) is 0.401. The summed E-state index contributed by atoms with van der Waals surface area (Å²) in [6.07, 6.45) is 6.87. The molecule has 1 amide bonds. The Bertz CT molecular complexity index is 1450. The van der Waals surface area contributed by atoms with E-state index in [9.17, 15) is 14.4 Å². The molecule has 2 aliphatic rings. The van der Waals surface area contributed by atoms with Gasteiger partial charge in [-0.15, -0.1) is 5.10 Å². The molecule has 9 heteroatoms. The zero-order chi connectivity index (χ0) is 23.9. The second-order valence-corrected chi connectivity index (χ2v) is 9.41. The number of aromatic amines is 1. The lowest BCUT2D eigenvalue weighted by atomic mass is 9.98. The second kappa shape index (κ2) is 8.64. The van der Waals surface area contributed by atoms with Crippen molar-refractivity contribution in [3.63, 3.8) is 0 Å². The van der Waals surface area contributed by atoms with Crippen molar-refractivity contribution in [1.82, 2.24) is 30.6 Å². The third kappa shape index (κ3) is 4.06. The van der Waals surface area contributed by atoms with E-state index in [1.807, 2.05) is 30.5 Å². The second-order valence-electron chi connectivity index (χ2n) is 9.41. The highest BCUT2D eigenvalue weighted by atomic mass is 19.1. The summed E-state index contributed by atoms with van der Waals surface area (Å²) in [5.74, 6) is -0.303. The van der Waals surface area contributed by atoms with Crippen LogP contribution in [0.4, 0.5) is 4.39 Å². The number of H-pyrrole nitrogens is 1. The van der Waals surface area contributed by atoms with Gasteiger partial charge in [0.15, 0.2) is 0 Å². The monoisotopic (exact) mass is 469 g/mol. The molecule has 6 rings (SSSR count). The summed E-state index contributed by atoms with van der Waals surface area (Å²) in [5, 5.41) is 25.1. The summed E-state index contributed by atoms with van der Waals surface area (Å²) < 4.78 is 16.5. The number of hydrogen-bond donors (Lipinski definition) is 3. The first-order chi connectivity index (χ1) is 17.1. The number of nitrogens with one attached hydrogen (secondary N) is 3. The van der Waals surface area contributed by atoms with Crippen LogP contribution in [0.2, 0.25) is 0 Å². The number of nitrogens with zero attached hydrogens (tertiary/aromatic N) is 4. The van der Waals surface area contributed by atoms with Crippen LogP contribution in [-0.2, 0) is 11.2 Å². The lowest BCUT2D eigenvalue weighted by molar-refractivity contribution is -0.124. The average Bonchev–Trinajstić information content (AvgIpc) is 3.68. The lowest BCUT2D eigenvalue weighted by Crippen LogP contribution is -2.50. The Labute approximate surface area is 201 Å². The Morgan fingerprint density at radius 2 is 2.17 bits per heavy atom. The van der Waals surface area contributed by atoms with Crippen LogP contribution in [0.5, 0.6) is 0 Å². The molecule has 8 nitrogen and oxygen atoms in total. The van der Waals surface area contributed by atoms with Crippen LogP contribution in [0.25, 0.3) is 27.8 Å². The highest BCUT2D eigenvalue weighted by molar-refractivity contribution is 5.84. The van der Waals surface area contributed by atoms with E-state index in [0.717, 1.165) is 35.7 Å². The van der Waals surface area contributed by atoms with Crippen molar-refractivity contribution in [3.05, 3.63) is 66.2 Å². The van der Waals surface area contributed by atoms with Gasteiger partial charge in [-0.05, 0) is 61.1 Å². The fraction of sp³-hybridized carbons (Fsp3) is 0.308. The number of rotatable bonds is 6. The molecule has 1 saturated heterocycles. The van der Waals surface area contributed by atoms with Crippen molar-refractivity contribution in [2.45, 2.75) is 43.8 Å². The smallest absolute Gasteiger partial charge is 0.238 e. The van der Waals surface area contributed by atoms with Crippen LogP contribution >= 0.6 is 0 Å². The standard InChI is InChI=1S/C26H24FN7O/c27-22-12-21(34-14-24(32-33-34)16-3-6-23-17(9-16)7-8-29-23)5-2-15(22)10-20(13-28)31-26(35)25-18-1-4-19(11-18)30-25/h2-3,5-9,12,14,18-20,25,29-30H,1,4,10-11H2,(H,31,35)/t18-,19-,20-,25-/m0/s1. The van der Waals surface area contributed by atoms with Crippen LogP contribution in [0.15, 0.2) is 54.9 Å². The minimum absolute atomic E-state index is 0.0917. The maximum absolute atomic E-state index is 15.0. The molecule has 2 aromatic heterocycles. The van der Waals surface area contributed by atoms with E-state index < -0.39 is 11.9 Å². The molecule has 1 aliphatic heterocycles. The van der Waals surface area contributed by atoms with Gasteiger partial charge in [-0.1, -0.05) is 17.3 Å². The molecule has 0 spiro atoms. The number of halogens is 1. The van der Waals surface area contributed by atoms with E-state index >= 15 is 0 Å². The van der Waals surface area contributed by atoms with Crippen molar-refractivity contribution in [2.75, 3.05) is 0 Å². The number of carbonyl (C=O) groups is 1. The van der Waals surface area contributed by atoms with Gasteiger partial charge in [0, 0.05) is 35.1 Å². The van der Waals surface area contributed by atoms with Crippen LogP contribution < -0.4 is 10.6 Å².